The van der Waals surface area contributed by atoms with Gasteiger partial charge in [-0.3, -0.25) is 4.79 Å². The fraction of sp³-hybridized carbons (Fsp3) is 0.625. The molecule has 1 unspecified atom stereocenters. The topological polar surface area (TPSA) is 59.8 Å². The van der Waals surface area contributed by atoms with Gasteiger partial charge in [0.25, 0.3) is 0 Å². The molecule has 21 heavy (non-hydrogen) atoms. The highest BCUT2D eigenvalue weighted by Crippen LogP contribution is 2.21. The van der Waals surface area contributed by atoms with E-state index in [0.717, 1.165) is 25.8 Å². The fourth-order valence-corrected chi connectivity index (χ4v) is 2.76. The van der Waals surface area contributed by atoms with Crippen LogP contribution in [-0.4, -0.2) is 30.0 Å². The van der Waals surface area contributed by atoms with Gasteiger partial charge in [-0.15, -0.1) is 0 Å². The van der Waals surface area contributed by atoms with E-state index in [1.165, 1.54) is 6.07 Å². The minimum atomic E-state index is -0.409. The lowest BCUT2D eigenvalue weighted by Gasteiger charge is -2.21. The molecule has 0 spiro atoms. The van der Waals surface area contributed by atoms with E-state index in [2.05, 4.69) is 0 Å². The summed E-state index contributed by atoms with van der Waals surface area (Å²) in [6.07, 6.45) is 2.49. The molecule has 5 nitrogen and oxygen atoms in total. The van der Waals surface area contributed by atoms with Gasteiger partial charge in [-0.25, -0.2) is 4.79 Å². The molecule has 0 bridgehead atoms. The van der Waals surface area contributed by atoms with Gasteiger partial charge in [0.1, 0.15) is 17.6 Å². The van der Waals surface area contributed by atoms with Gasteiger partial charge >= 0.3 is 5.63 Å². The lowest BCUT2D eigenvalue weighted by molar-refractivity contribution is -0.134. The van der Waals surface area contributed by atoms with Crippen molar-refractivity contribution in [2.75, 3.05) is 13.1 Å². The van der Waals surface area contributed by atoms with Crippen molar-refractivity contribution in [3.8, 4) is 5.75 Å². The average Bonchev–Trinajstić information content (AvgIpc) is 2.87. The molecule has 2 rings (SSSR count). The van der Waals surface area contributed by atoms with Crippen LogP contribution in [0.3, 0.4) is 0 Å². The summed E-state index contributed by atoms with van der Waals surface area (Å²) in [5.74, 6) is 1.37. The summed E-state index contributed by atoms with van der Waals surface area (Å²) in [7, 11) is 0. The molecular weight excluding hydrogens is 270 g/mol. The number of amides is 1. The van der Waals surface area contributed by atoms with Crippen LogP contribution in [0.25, 0.3) is 0 Å². The van der Waals surface area contributed by atoms with Crippen LogP contribution in [-0.2, 0) is 4.79 Å². The summed E-state index contributed by atoms with van der Waals surface area (Å²) < 4.78 is 10.7. The predicted octanol–water partition coefficient (Wildman–Crippen LogP) is 2.36. The molecule has 2 heterocycles. The van der Waals surface area contributed by atoms with E-state index in [1.54, 1.807) is 13.0 Å². The van der Waals surface area contributed by atoms with Crippen molar-refractivity contribution >= 4 is 5.91 Å². The second kappa shape index (κ2) is 6.78. The molecule has 0 aromatic carbocycles. The first-order valence-corrected chi connectivity index (χ1v) is 7.60. The molecule has 1 aromatic rings. The Labute approximate surface area is 124 Å². The van der Waals surface area contributed by atoms with Gasteiger partial charge < -0.3 is 14.1 Å². The molecule has 1 amide bonds. The van der Waals surface area contributed by atoms with Gasteiger partial charge in [-0.1, -0.05) is 13.8 Å². The van der Waals surface area contributed by atoms with E-state index in [9.17, 15) is 9.59 Å². The normalized spacial score (nSPS) is 18.3. The molecule has 1 aromatic heterocycles. The minimum Gasteiger partial charge on any atom is -0.488 e. The molecule has 0 aliphatic carbocycles. The fourth-order valence-electron chi connectivity index (χ4n) is 2.76. The summed E-state index contributed by atoms with van der Waals surface area (Å²) in [6, 6.07) is 3.05. The zero-order valence-corrected chi connectivity index (χ0v) is 12.9. The van der Waals surface area contributed by atoms with Gasteiger partial charge in [0.15, 0.2) is 0 Å². The van der Waals surface area contributed by atoms with Crippen LogP contribution in [0.5, 0.6) is 5.75 Å². The van der Waals surface area contributed by atoms with Gasteiger partial charge in [0.2, 0.25) is 5.91 Å². The highest BCUT2D eigenvalue weighted by molar-refractivity contribution is 5.79. The number of rotatable bonds is 5. The third-order valence-electron chi connectivity index (χ3n) is 3.96. The summed E-state index contributed by atoms with van der Waals surface area (Å²) in [5.41, 5.74) is -0.409. The molecule has 1 aliphatic heterocycles. The van der Waals surface area contributed by atoms with E-state index in [4.69, 9.17) is 9.15 Å². The van der Waals surface area contributed by atoms with Crippen molar-refractivity contribution in [2.45, 2.75) is 46.1 Å². The second-order valence-electron chi connectivity index (χ2n) is 5.55. The Bertz CT molecular complexity index is 547. The number of ether oxygens (including phenoxy) is 1. The Kier molecular flexibility index (Phi) is 5.04. The zero-order valence-electron chi connectivity index (χ0n) is 12.9. The van der Waals surface area contributed by atoms with Crippen LogP contribution >= 0.6 is 0 Å². The number of likely N-dealkylation sites (tertiary alicyclic amines) is 1. The Morgan fingerprint density at radius 1 is 1.43 bits per heavy atom. The molecule has 116 valence electrons. The second-order valence-corrected chi connectivity index (χ2v) is 5.55. The number of hydrogen-bond acceptors (Lipinski definition) is 4. The van der Waals surface area contributed by atoms with Gasteiger partial charge in [-0.05, 0) is 19.8 Å². The van der Waals surface area contributed by atoms with Crippen molar-refractivity contribution < 1.29 is 13.9 Å². The van der Waals surface area contributed by atoms with Crippen LogP contribution in [0.15, 0.2) is 21.3 Å². The standard InChI is InChI=1S/C16H23NO4/c1-4-12(5-2)16(19)17-7-6-13(10-17)21-14-8-11(3)20-15(18)9-14/h8-9,12-13H,4-7,10H2,1-3H3. The van der Waals surface area contributed by atoms with E-state index < -0.39 is 5.63 Å². The van der Waals surface area contributed by atoms with Gasteiger partial charge in [-0.2, -0.15) is 0 Å². The first kappa shape index (κ1) is 15.6. The first-order valence-electron chi connectivity index (χ1n) is 7.60. The number of nitrogens with zero attached hydrogens (tertiary/aromatic N) is 1. The Morgan fingerprint density at radius 2 is 2.14 bits per heavy atom. The van der Waals surface area contributed by atoms with E-state index in [-0.39, 0.29) is 17.9 Å². The maximum absolute atomic E-state index is 12.3. The van der Waals surface area contributed by atoms with E-state index in [0.29, 0.717) is 18.1 Å². The largest absolute Gasteiger partial charge is 0.488 e. The smallest absolute Gasteiger partial charge is 0.339 e. The van der Waals surface area contributed by atoms with Crippen LogP contribution < -0.4 is 10.4 Å². The summed E-state index contributed by atoms with van der Waals surface area (Å²) >= 11 is 0. The minimum absolute atomic E-state index is 0.0514. The number of aryl methyl sites for hydroxylation is 1. The molecule has 1 saturated heterocycles. The van der Waals surface area contributed by atoms with E-state index >= 15 is 0 Å². The summed E-state index contributed by atoms with van der Waals surface area (Å²) in [5, 5.41) is 0. The number of hydrogen-bond donors (Lipinski definition) is 0. The number of carbonyl (C=O) groups is 1. The van der Waals surface area contributed by atoms with Crippen molar-refractivity contribution in [1.82, 2.24) is 4.90 Å². The SMILES string of the molecule is CCC(CC)C(=O)N1CCC(Oc2cc(C)oc(=O)c2)C1. The Balaban J connectivity index is 1.96. The highest BCUT2D eigenvalue weighted by Gasteiger charge is 2.30. The monoisotopic (exact) mass is 293 g/mol. The van der Waals surface area contributed by atoms with Crippen LogP contribution in [0.4, 0.5) is 0 Å². The maximum atomic E-state index is 12.3. The highest BCUT2D eigenvalue weighted by atomic mass is 16.5. The quantitative estimate of drug-likeness (QED) is 0.836. The lowest BCUT2D eigenvalue weighted by atomic mass is 10.0. The Morgan fingerprint density at radius 3 is 2.76 bits per heavy atom. The predicted molar refractivity (Wildman–Crippen MR) is 79.4 cm³/mol. The molecule has 5 heteroatoms. The van der Waals surface area contributed by atoms with Gasteiger partial charge in [0, 0.05) is 24.9 Å². The maximum Gasteiger partial charge on any atom is 0.339 e. The lowest BCUT2D eigenvalue weighted by Crippen LogP contribution is -2.35. The average molecular weight is 293 g/mol. The third-order valence-corrected chi connectivity index (χ3v) is 3.96. The van der Waals surface area contributed by atoms with Gasteiger partial charge in [0.05, 0.1) is 12.6 Å². The van der Waals surface area contributed by atoms with Crippen LogP contribution in [0.2, 0.25) is 0 Å². The molecule has 1 atom stereocenters. The molecule has 1 aliphatic rings. The van der Waals surface area contributed by atoms with Crippen LogP contribution in [0.1, 0.15) is 38.9 Å². The summed E-state index contributed by atoms with van der Waals surface area (Å²) in [4.78, 5) is 25.5. The third kappa shape index (κ3) is 3.86. The van der Waals surface area contributed by atoms with E-state index in [1.807, 2.05) is 18.7 Å². The molecule has 0 radical (unpaired) electrons. The molecule has 1 fully saturated rings. The molecule has 0 saturated carbocycles. The van der Waals surface area contributed by atoms with Crippen molar-refractivity contribution in [1.29, 1.82) is 0 Å². The first-order chi connectivity index (χ1) is 10.0. The number of carbonyl (C=O) groups excluding carboxylic acids is 1. The van der Waals surface area contributed by atoms with Crippen molar-refractivity contribution in [2.24, 2.45) is 5.92 Å². The Hall–Kier alpha value is -1.78. The molecular formula is C16H23NO4. The molecule has 0 N–H and O–H groups in total. The summed E-state index contributed by atoms with van der Waals surface area (Å²) in [6.45, 7) is 7.12. The van der Waals surface area contributed by atoms with Crippen LogP contribution in [0, 0.1) is 12.8 Å². The van der Waals surface area contributed by atoms with Crippen molar-refractivity contribution in [3.05, 3.63) is 28.3 Å². The van der Waals surface area contributed by atoms with Crippen molar-refractivity contribution in [3.63, 3.8) is 0 Å². The zero-order chi connectivity index (χ0) is 15.4.